The summed E-state index contributed by atoms with van der Waals surface area (Å²) in [6.07, 6.45) is 3.31. The monoisotopic (exact) mass is 188 g/mol. The van der Waals surface area contributed by atoms with Crippen molar-refractivity contribution in [1.29, 1.82) is 5.26 Å². The van der Waals surface area contributed by atoms with E-state index < -0.39 is 0 Å². The third-order valence-electron chi connectivity index (χ3n) is 1.89. The van der Waals surface area contributed by atoms with Gasteiger partial charge in [0.2, 0.25) is 0 Å². The highest BCUT2D eigenvalue weighted by molar-refractivity contribution is 6.35. The van der Waals surface area contributed by atoms with E-state index in [1.165, 1.54) is 0 Å². The van der Waals surface area contributed by atoms with Crippen LogP contribution < -0.4 is 0 Å². The van der Waals surface area contributed by atoms with E-state index in [0.717, 1.165) is 10.8 Å². The van der Waals surface area contributed by atoms with Crippen LogP contribution in [0, 0.1) is 11.3 Å². The molecule has 0 unspecified atom stereocenters. The van der Waals surface area contributed by atoms with E-state index in [2.05, 4.69) is 11.1 Å². The fourth-order valence-corrected chi connectivity index (χ4v) is 1.48. The van der Waals surface area contributed by atoms with Crippen molar-refractivity contribution in [2.45, 2.75) is 0 Å². The van der Waals surface area contributed by atoms with Crippen molar-refractivity contribution in [3.63, 3.8) is 0 Å². The molecule has 0 aliphatic rings. The van der Waals surface area contributed by atoms with Crippen molar-refractivity contribution in [3.8, 4) is 6.07 Å². The molecule has 0 amide bonds. The quantitative estimate of drug-likeness (QED) is 0.638. The maximum absolute atomic E-state index is 8.81. The molecular formula is C10H5ClN2. The van der Waals surface area contributed by atoms with Crippen LogP contribution in [0.4, 0.5) is 0 Å². The number of halogens is 1. The van der Waals surface area contributed by atoms with Gasteiger partial charge in [0.15, 0.2) is 0 Å². The molecule has 0 saturated heterocycles. The van der Waals surface area contributed by atoms with Crippen molar-refractivity contribution in [2.75, 3.05) is 0 Å². The molecule has 0 fully saturated rings. The zero-order chi connectivity index (χ0) is 9.26. The number of rotatable bonds is 0. The van der Waals surface area contributed by atoms with Gasteiger partial charge in [-0.15, -0.1) is 0 Å². The minimum atomic E-state index is 0.604. The van der Waals surface area contributed by atoms with Gasteiger partial charge < -0.3 is 0 Å². The van der Waals surface area contributed by atoms with Crippen LogP contribution in [-0.4, -0.2) is 4.98 Å². The van der Waals surface area contributed by atoms with Crippen LogP contribution in [0.3, 0.4) is 0 Å². The molecule has 0 radical (unpaired) electrons. The Morgan fingerprint density at radius 3 is 2.85 bits per heavy atom. The van der Waals surface area contributed by atoms with Gasteiger partial charge in [0, 0.05) is 28.2 Å². The summed E-state index contributed by atoms with van der Waals surface area (Å²) in [7, 11) is 0. The first kappa shape index (κ1) is 8.03. The number of aromatic nitrogens is 1. The molecule has 0 bridgehead atoms. The summed E-state index contributed by atoms with van der Waals surface area (Å²) < 4.78 is 0. The smallest absolute Gasteiger partial charge is 0.0998 e. The van der Waals surface area contributed by atoms with E-state index in [4.69, 9.17) is 16.9 Å². The molecule has 2 aromatic rings. The lowest BCUT2D eigenvalue weighted by Gasteiger charge is -2.00. The molecule has 0 aliphatic carbocycles. The van der Waals surface area contributed by atoms with Crippen molar-refractivity contribution in [1.82, 2.24) is 4.98 Å². The van der Waals surface area contributed by atoms with Gasteiger partial charge in [-0.3, -0.25) is 4.98 Å². The lowest BCUT2D eigenvalue weighted by Crippen LogP contribution is -1.81. The van der Waals surface area contributed by atoms with Crippen LogP contribution in [0.15, 0.2) is 30.6 Å². The molecule has 3 heteroatoms. The number of hydrogen-bond donors (Lipinski definition) is 0. The van der Waals surface area contributed by atoms with Crippen molar-refractivity contribution in [2.24, 2.45) is 0 Å². The standard InChI is InChI=1S/C10H5ClN2/c11-10-2-1-7(5-12)9-6-13-4-3-8(9)10/h1-4,6H. The van der Waals surface area contributed by atoms with Crippen molar-refractivity contribution in [3.05, 3.63) is 41.2 Å². The SMILES string of the molecule is N#Cc1ccc(Cl)c2ccncc12. The lowest BCUT2D eigenvalue weighted by molar-refractivity contribution is 1.36. The van der Waals surface area contributed by atoms with E-state index in [1.807, 2.05) is 0 Å². The third-order valence-corrected chi connectivity index (χ3v) is 2.21. The van der Waals surface area contributed by atoms with Gasteiger partial charge in [-0.25, -0.2) is 0 Å². The molecule has 0 N–H and O–H groups in total. The molecule has 1 aromatic heterocycles. The maximum Gasteiger partial charge on any atom is 0.0998 e. The Labute approximate surface area is 80.4 Å². The predicted molar refractivity (Wildman–Crippen MR) is 51.5 cm³/mol. The van der Waals surface area contributed by atoms with E-state index >= 15 is 0 Å². The summed E-state index contributed by atoms with van der Waals surface area (Å²) in [4.78, 5) is 3.95. The minimum Gasteiger partial charge on any atom is -0.264 e. The largest absolute Gasteiger partial charge is 0.264 e. The summed E-state index contributed by atoms with van der Waals surface area (Å²) in [6.45, 7) is 0. The second kappa shape index (κ2) is 3.04. The zero-order valence-corrected chi connectivity index (χ0v) is 7.42. The van der Waals surface area contributed by atoms with Crippen LogP contribution in [0.2, 0.25) is 5.02 Å². The molecule has 62 valence electrons. The molecule has 1 aromatic carbocycles. The van der Waals surface area contributed by atoms with Crippen LogP contribution in [-0.2, 0) is 0 Å². The average molecular weight is 189 g/mol. The first-order chi connectivity index (χ1) is 6.33. The second-order valence-electron chi connectivity index (χ2n) is 2.63. The fraction of sp³-hybridized carbons (Fsp3) is 0. The van der Waals surface area contributed by atoms with Gasteiger partial charge in [-0.1, -0.05) is 11.6 Å². The van der Waals surface area contributed by atoms with E-state index in [1.54, 1.807) is 30.6 Å². The van der Waals surface area contributed by atoms with Gasteiger partial charge in [0.05, 0.1) is 11.6 Å². The Morgan fingerprint density at radius 2 is 2.08 bits per heavy atom. The molecule has 1 heterocycles. The molecule has 13 heavy (non-hydrogen) atoms. The van der Waals surface area contributed by atoms with Crippen molar-refractivity contribution >= 4 is 22.4 Å². The highest BCUT2D eigenvalue weighted by atomic mass is 35.5. The Hall–Kier alpha value is -1.59. The molecule has 0 aliphatic heterocycles. The molecule has 2 rings (SSSR count). The number of nitrogens with zero attached hydrogens (tertiary/aromatic N) is 2. The first-order valence-corrected chi connectivity index (χ1v) is 4.13. The number of nitriles is 1. The third kappa shape index (κ3) is 1.24. The van der Waals surface area contributed by atoms with E-state index in [0.29, 0.717) is 10.6 Å². The highest BCUT2D eigenvalue weighted by Crippen LogP contribution is 2.24. The summed E-state index contributed by atoms with van der Waals surface area (Å²) in [5.41, 5.74) is 0.604. The Kier molecular flexibility index (Phi) is 1.88. The summed E-state index contributed by atoms with van der Waals surface area (Å²) >= 11 is 5.95. The predicted octanol–water partition coefficient (Wildman–Crippen LogP) is 2.76. The summed E-state index contributed by atoms with van der Waals surface area (Å²) in [6, 6.07) is 7.33. The lowest BCUT2D eigenvalue weighted by atomic mass is 10.1. The van der Waals surface area contributed by atoms with E-state index in [9.17, 15) is 0 Å². The maximum atomic E-state index is 8.81. The molecule has 0 atom stereocenters. The minimum absolute atomic E-state index is 0.604. The Morgan fingerprint density at radius 1 is 1.23 bits per heavy atom. The van der Waals surface area contributed by atoms with Gasteiger partial charge in [0.1, 0.15) is 0 Å². The first-order valence-electron chi connectivity index (χ1n) is 3.75. The van der Waals surface area contributed by atoms with Gasteiger partial charge >= 0.3 is 0 Å². The van der Waals surface area contributed by atoms with Crippen LogP contribution in [0.25, 0.3) is 10.8 Å². The van der Waals surface area contributed by atoms with E-state index in [-0.39, 0.29) is 0 Å². The van der Waals surface area contributed by atoms with Gasteiger partial charge in [-0.2, -0.15) is 5.26 Å². The Balaban J connectivity index is 2.95. The van der Waals surface area contributed by atoms with Crippen LogP contribution >= 0.6 is 11.6 Å². The topological polar surface area (TPSA) is 36.7 Å². The van der Waals surface area contributed by atoms with Crippen LogP contribution in [0.1, 0.15) is 5.56 Å². The highest BCUT2D eigenvalue weighted by Gasteiger charge is 2.02. The summed E-state index contributed by atoms with van der Waals surface area (Å²) in [5.74, 6) is 0. The van der Waals surface area contributed by atoms with Gasteiger partial charge in [-0.05, 0) is 18.2 Å². The molecule has 0 saturated carbocycles. The second-order valence-corrected chi connectivity index (χ2v) is 3.04. The van der Waals surface area contributed by atoms with Crippen molar-refractivity contribution < 1.29 is 0 Å². The molecule has 0 spiro atoms. The molecule has 2 nitrogen and oxygen atoms in total. The molecular weight excluding hydrogens is 184 g/mol. The number of hydrogen-bond acceptors (Lipinski definition) is 2. The average Bonchev–Trinajstić information content (AvgIpc) is 2.19. The number of pyridine rings is 1. The number of fused-ring (bicyclic) bond motifs is 1. The van der Waals surface area contributed by atoms with Crippen LogP contribution in [0.5, 0.6) is 0 Å². The summed E-state index contributed by atoms with van der Waals surface area (Å²) in [5, 5.41) is 11.1. The van der Waals surface area contributed by atoms with Gasteiger partial charge in [0.25, 0.3) is 0 Å². The fourth-order valence-electron chi connectivity index (χ4n) is 1.25. The normalized spacial score (nSPS) is 9.85. The zero-order valence-electron chi connectivity index (χ0n) is 6.66. The Bertz CT molecular complexity index is 500. The number of benzene rings is 1.